The Labute approximate surface area is 140 Å². The third-order valence-electron chi connectivity index (χ3n) is 4.20. The summed E-state index contributed by atoms with van der Waals surface area (Å²) in [5.74, 6) is -0.525. The highest BCUT2D eigenvalue weighted by Crippen LogP contribution is 2.32. The van der Waals surface area contributed by atoms with Crippen LogP contribution in [0.5, 0.6) is 0 Å². The maximum Gasteiger partial charge on any atom is 0.244 e. The van der Waals surface area contributed by atoms with E-state index in [-0.39, 0.29) is 11.7 Å². The Morgan fingerprint density at radius 2 is 2.08 bits per heavy atom. The molecule has 0 radical (unpaired) electrons. The Balaban J connectivity index is 1.79. The van der Waals surface area contributed by atoms with Gasteiger partial charge in [-0.3, -0.25) is 9.78 Å². The molecule has 1 aromatic carbocycles. The van der Waals surface area contributed by atoms with Gasteiger partial charge >= 0.3 is 0 Å². The summed E-state index contributed by atoms with van der Waals surface area (Å²) in [7, 11) is 0. The zero-order valence-electron chi connectivity index (χ0n) is 13.2. The number of hydrogen-bond acceptors (Lipinski definition) is 3. The van der Waals surface area contributed by atoms with E-state index in [1.54, 1.807) is 24.5 Å². The van der Waals surface area contributed by atoms with Crippen molar-refractivity contribution < 1.29 is 13.9 Å². The van der Waals surface area contributed by atoms with Crippen LogP contribution in [-0.4, -0.2) is 24.1 Å². The first-order valence-electron chi connectivity index (χ1n) is 7.92. The first kappa shape index (κ1) is 16.3. The number of nitrogens with zero attached hydrogens (tertiary/aromatic N) is 1. The predicted octanol–water partition coefficient (Wildman–Crippen LogP) is 3.06. The van der Waals surface area contributed by atoms with E-state index in [2.05, 4.69) is 10.3 Å². The number of carbonyl (C=O) groups excluding carboxylic acids is 1. The molecule has 1 fully saturated rings. The molecular weight excluding hydrogens is 307 g/mol. The lowest BCUT2D eigenvalue weighted by molar-refractivity contribution is -0.119. The van der Waals surface area contributed by atoms with Crippen LogP contribution in [-0.2, 0) is 15.1 Å². The Bertz CT molecular complexity index is 725. The molecule has 0 bridgehead atoms. The number of pyridine rings is 1. The average Bonchev–Trinajstić information content (AvgIpc) is 2.62. The van der Waals surface area contributed by atoms with Gasteiger partial charge in [0.25, 0.3) is 0 Å². The maximum atomic E-state index is 13.6. The number of benzene rings is 1. The van der Waals surface area contributed by atoms with Crippen LogP contribution in [0.1, 0.15) is 24.0 Å². The predicted molar refractivity (Wildman–Crippen MR) is 89.5 cm³/mol. The van der Waals surface area contributed by atoms with Gasteiger partial charge in [0.1, 0.15) is 5.82 Å². The van der Waals surface area contributed by atoms with Crippen molar-refractivity contribution in [2.24, 2.45) is 0 Å². The van der Waals surface area contributed by atoms with Gasteiger partial charge in [-0.25, -0.2) is 4.39 Å². The average molecular weight is 326 g/mol. The van der Waals surface area contributed by atoms with E-state index < -0.39 is 5.54 Å². The molecular formula is C19H19FN2O2. The van der Waals surface area contributed by atoms with Gasteiger partial charge in [-0.05, 0) is 48.2 Å². The van der Waals surface area contributed by atoms with Crippen molar-refractivity contribution >= 4 is 12.0 Å². The van der Waals surface area contributed by atoms with Gasteiger partial charge in [0.05, 0.1) is 5.54 Å². The lowest BCUT2D eigenvalue weighted by atomic mass is 9.82. The zero-order valence-corrected chi connectivity index (χ0v) is 13.2. The van der Waals surface area contributed by atoms with E-state index in [9.17, 15) is 9.18 Å². The minimum absolute atomic E-state index is 0.218. The Morgan fingerprint density at radius 1 is 1.25 bits per heavy atom. The van der Waals surface area contributed by atoms with Gasteiger partial charge in [-0.15, -0.1) is 0 Å². The lowest BCUT2D eigenvalue weighted by Crippen LogP contribution is -2.49. The number of halogens is 1. The van der Waals surface area contributed by atoms with E-state index in [0.29, 0.717) is 26.1 Å². The van der Waals surface area contributed by atoms with E-state index in [1.165, 1.54) is 18.2 Å². The van der Waals surface area contributed by atoms with Crippen molar-refractivity contribution in [3.8, 4) is 0 Å². The third-order valence-corrected chi connectivity index (χ3v) is 4.20. The fourth-order valence-electron chi connectivity index (χ4n) is 2.92. The molecule has 0 spiro atoms. The summed E-state index contributed by atoms with van der Waals surface area (Å²) in [5.41, 5.74) is 1.02. The summed E-state index contributed by atoms with van der Waals surface area (Å²) in [6, 6.07) is 10.1. The molecule has 1 amide bonds. The molecule has 0 unspecified atom stereocenters. The van der Waals surface area contributed by atoms with Crippen molar-refractivity contribution in [3.63, 3.8) is 0 Å². The second-order valence-electron chi connectivity index (χ2n) is 5.81. The summed E-state index contributed by atoms with van der Waals surface area (Å²) in [5, 5.41) is 3.05. The second-order valence-corrected chi connectivity index (χ2v) is 5.81. The number of amides is 1. The van der Waals surface area contributed by atoms with Gasteiger partial charge in [0.2, 0.25) is 5.91 Å². The Morgan fingerprint density at radius 3 is 2.79 bits per heavy atom. The molecule has 0 saturated carbocycles. The maximum absolute atomic E-state index is 13.6. The largest absolute Gasteiger partial charge is 0.381 e. The highest BCUT2D eigenvalue weighted by molar-refractivity contribution is 5.92. The second kappa shape index (κ2) is 7.36. The van der Waals surface area contributed by atoms with Gasteiger partial charge in [0.15, 0.2) is 0 Å². The summed E-state index contributed by atoms with van der Waals surface area (Å²) < 4.78 is 19.1. The normalized spacial score (nSPS) is 16.9. The highest BCUT2D eigenvalue weighted by Gasteiger charge is 2.35. The molecule has 1 aliphatic heterocycles. The van der Waals surface area contributed by atoms with Gasteiger partial charge in [-0.1, -0.05) is 18.2 Å². The van der Waals surface area contributed by atoms with Crippen molar-refractivity contribution in [2.75, 3.05) is 13.2 Å². The summed E-state index contributed by atoms with van der Waals surface area (Å²) in [4.78, 5) is 16.4. The fraction of sp³-hybridized carbons (Fsp3) is 0.263. The van der Waals surface area contributed by atoms with Gasteiger partial charge in [-0.2, -0.15) is 0 Å². The number of aromatic nitrogens is 1. The minimum atomic E-state index is -0.600. The molecule has 1 N–H and O–H groups in total. The molecule has 2 heterocycles. The van der Waals surface area contributed by atoms with Crippen LogP contribution >= 0.6 is 0 Å². The molecule has 1 saturated heterocycles. The van der Waals surface area contributed by atoms with Crippen LogP contribution in [0.25, 0.3) is 6.08 Å². The van der Waals surface area contributed by atoms with Crippen molar-refractivity contribution in [2.45, 2.75) is 18.4 Å². The van der Waals surface area contributed by atoms with Crippen LogP contribution < -0.4 is 5.32 Å². The van der Waals surface area contributed by atoms with Crippen LogP contribution in [0.3, 0.4) is 0 Å². The fourth-order valence-corrected chi connectivity index (χ4v) is 2.92. The quantitative estimate of drug-likeness (QED) is 0.879. The van der Waals surface area contributed by atoms with Crippen molar-refractivity contribution in [1.29, 1.82) is 0 Å². The lowest BCUT2D eigenvalue weighted by Gasteiger charge is -2.38. The van der Waals surface area contributed by atoms with E-state index in [1.807, 2.05) is 18.2 Å². The molecule has 0 aliphatic carbocycles. The standard InChI is InChI=1S/C19H19FN2O2/c20-17-5-1-4-16(13-17)19(8-11-24-12-9-19)22-18(23)7-6-15-3-2-10-21-14-15/h1-7,10,13-14H,8-9,11-12H2,(H,22,23)/b7-6-. The number of nitrogens with one attached hydrogen (secondary N) is 1. The molecule has 24 heavy (non-hydrogen) atoms. The van der Waals surface area contributed by atoms with E-state index in [4.69, 9.17) is 4.74 Å². The molecule has 124 valence electrons. The Kier molecular flexibility index (Phi) is 5.01. The highest BCUT2D eigenvalue weighted by atomic mass is 19.1. The van der Waals surface area contributed by atoms with Crippen molar-refractivity contribution in [3.05, 3.63) is 71.8 Å². The number of rotatable bonds is 4. The van der Waals surface area contributed by atoms with Crippen LogP contribution in [0.2, 0.25) is 0 Å². The first-order valence-corrected chi connectivity index (χ1v) is 7.92. The molecule has 4 nitrogen and oxygen atoms in total. The molecule has 2 aromatic rings. The molecule has 0 atom stereocenters. The first-order chi connectivity index (χ1) is 11.7. The SMILES string of the molecule is O=C(/C=C\c1cccnc1)NC1(c2cccc(F)c2)CCOCC1. The van der Waals surface area contributed by atoms with Crippen molar-refractivity contribution in [1.82, 2.24) is 10.3 Å². The molecule has 3 rings (SSSR count). The monoisotopic (exact) mass is 326 g/mol. The van der Waals surface area contributed by atoms with E-state index >= 15 is 0 Å². The topological polar surface area (TPSA) is 51.2 Å². The smallest absolute Gasteiger partial charge is 0.244 e. The third kappa shape index (κ3) is 3.86. The number of ether oxygens (including phenoxy) is 1. The summed E-state index contributed by atoms with van der Waals surface area (Å²) >= 11 is 0. The number of hydrogen-bond donors (Lipinski definition) is 1. The minimum Gasteiger partial charge on any atom is -0.381 e. The zero-order chi connectivity index (χ0) is 16.8. The molecule has 1 aromatic heterocycles. The van der Waals surface area contributed by atoms with Crippen LogP contribution in [0.15, 0.2) is 54.9 Å². The molecule has 5 heteroatoms. The van der Waals surface area contributed by atoms with Gasteiger partial charge in [0, 0.05) is 31.7 Å². The van der Waals surface area contributed by atoms with Crippen LogP contribution in [0, 0.1) is 5.82 Å². The van der Waals surface area contributed by atoms with Gasteiger partial charge < -0.3 is 10.1 Å². The van der Waals surface area contributed by atoms with E-state index in [0.717, 1.165) is 11.1 Å². The Hall–Kier alpha value is -2.53. The molecule has 1 aliphatic rings. The summed E-state index contributed by atoms with van der Waals surface area (Å²) in [6.45, 7) is 1.06. The summed E-state index contributed by atoms with van der Waals surface area (Å²) in [6.07, 6.45) is 7.78. The number of carbonyl (C=O) groups is 1. The van der Waals surface area contributed by atoms with Crippen LogP contribution in [0.4, 0.5) is 4.39 Å².